The van der Waals surface area contributed by atoms with E-state index in [0.29, 0.717) is 48.4 Å². The number of nitro groups is 1. The predicted molar refractivity (Wildman–Crippen MR) is 110 cm³/mol. The van der Waals surface area contributed by atoms with Crippen LogP contribution in [-0.4, -0.2) is 56.1 Å². The van der Waals surface area contributed by atoms with Gasteiger partial charge in [0.1, 0.15) is 17.2 Å². The molecule has 0 atom stereocenters. The van der Waals surface area contributed by atoms with Gasteiger partial charge in [0, 0.05) is 48.9 Å². The van der Waals surface area contributed by atoms with Gasteiger partial charge in [0.25, 0.3) is 5.69 Å². The van der Waals surface area contributed by atoms with E-state index in [-0.39, 0.29) is 18.0 Å². The van der Waals surface area contributed by atoms with Gasteiger partial charge in [-0.15, -0.1) is 0 Å². The van der Waals surface area contributed by atoms with Gasteiger partial charge in [0.05, 0.1) is 25.6 Å². The Balaban J connectivity index is 1.66. The van der Waals surface area contributed by atoms with Crippen molar-refractivity contribution < 1.29 is 19.2 Å². The highest BCUT2D eigenvalue weighted by Gasteiger charge is 2.26. The molecule has 0 aromatic heterocycles. The molecule has 0 saturated carbocycles. The molecule has 1 fully saturated rings. The predicted octanol–water partition coefficient (Wildman–Crippen LogP) is 3.16. The summed E-state index contributed by atoms with van der Waals surface area (Å²) in [6.07, 6.45) is 0.217. The second kappa shape index (κ2) is 9.00. The maximum Gasteiger partial charge on any atom is 0.294 e. The number of methoxy groups -OCH3 is 2. The van der Waals surface area contributed by atoms with E-state index in [4.69, 9.17) is 21.1 Å². The van der Waals surface area contributed by atoms with Gasteiger partial charge in [0.2, 0.25) is 5.91 Å². The molecule has 1 heterocycles. The third kappa shape index (κ3) is 4.71. The van der Waals surface area contributed by atoms with Crippen LogP contribution in [0.15, 0.2) is 36.4 Å². The lowest BCUT2D eigenvalue weighted by Gasteiger charge is -2.36. The van der Waals surface area contributed by atoms with Crippen LogP contribution < -0.4 is 14.4 Å². The molecule has 1 aliphatic rings. The third-order valence-corrected chi connectivity index (χ3v) is 5.18. The zero-order valence-electron chi connectivity index (χ0n) is 16.3. The minimum absolute atomic E-state index is 0.0151. The molecule has 0 N–H and O–H groups in total. The summed E-state index contributed by atoms with van der Waals surface area (Å²) < 4.78 is 10.5. The third-order valence-electron chi connectivity index (χ3n) is 4.94. The number of halogens is 1. The van der Waals surface area contributed by atoms with E-state index in [2.05, 4.69) is 0 Å². The smallest absolute Gasteiger partial charge is 0.294 e. The van der Waals surface area contributed by atoms with Crippen molar-refractivity contribution in [1.82, 2.24) is 4.90 Å². The van der Waals surface area contributed by atoms with Crippen LogP contribution in [0.2, 0.25) is 5.02 Å². The minimum atomic E-state index is -0.436. The Morgan fingerprint density at radius 2 is 1.83 bits per heavy atom. The molecule has 29 heavy (non-hydrogen) atoms. The van der Waals surface area contributed by atoms with Crippen molar-refractivity contribution in [2.45, 2.75) is 6.42 Å². The quantitative estimate of drug-likeness (QED) is 0.528. The van der Waals surface area contributed by atoms with Crippen LogP contribution in [-0.2, 0) is 11.2 Å². The van der Waals surface area contributed by atoms with E-state index in [1.165, 1.54) is 6.07 Å². The lowest BCUT2D eigenvalue weighted by molar-refractivity contribution is -0.384. The van der Waals surface area contributed by atoms with Crippen LogP contribution in [0.5, 0.6) is 11.5 Å². The topological polar surface area (TPSA) is 85.2 Å². The maximum absolute atomic E-state index is 12.7. The first-order valence-electron chi connectivity index (χ1n) is 9.10. The molecule has 8 nitrogen and oxygen atoms in total. The second-order valence-electron chi connectivity index (χ2n) is 6.61. The van der Waals surface area contributed by atoms with E-state index < -0.39 is 4.92 Å². The highest BCUT2D eigenvalue weighted by molar-refractivity contribution is 6.30. The summed E-state index contributed by atoms with van der Waals surface area (Å²) >= 11 is 5.89. The van der Waals surface area contributed by atoms with E-state index in [9.17, 15) is 14.9 Å². The number of nitrogens with zero attached hydrogens (tertiary/aromatic N) is 3. The van der Waals surface area contributed by atoms with Gasteiger partial charge in [-0.2, -0.15) is 0 Å². The molecule has 9 heteroatoms. The van der Waals surface area contributed by atoms with Crippen molar-refractivity contribution in [3.63, 3.8) is 0 Å². The largest absolute Gasteiger partial charge is 0.497 e. The van der Waals surface area contributed by atoms with Crippen LogP contribution in [0.1, 0.15) is 5.56 Å². The second-order valence-corrected chi connectivity index (χ2v) is 7.05. The Labute approximate surface area is 173 Å². The Bertz CT molecular complexity index is 913. The summed E-state index contributed by atoms with van der Waals surface area (Å²) in [6.45, 7) is 1.98. The monoisotopic (exact) mass is 419 g/mol. The maximum atomic E-state index is 12.7. The van der Waals surface area contributed by atoms with E-state index >= 15 is 0 Å². The van der Waals surface area contributed by atoms with Crippen molar-refractivity contribution in [2.75, 3.05) is 45.3 Å². The van der Waals surface area contributed by atoms with E-state index in [1.807, 2.05) is 11.0 Å². The number of anilines is 1. The average Bonchev–Trinajstić information content (AvgIpc) is 2.74. The standard InChI is InChI=1S/C20H22ClN3O5/c1-28-16-5-3-14(19(13-16)29-2)11-20(25)23-9-7-22(8-10-23)17-6-4-15(21)12-18(17)24(26)27/h3-6,12-13H,7-11H2,1-2H3. The van der Waals surface area contributed by atoms with Crippen molar-refractivity contribution in [3.05, 3.63) is 57.1 Å². The van der Waals surface area contributed by atoms with E-state index in [1.54, 1.807) is 43.4 Å². The summed E-state index contributed by atoms with van der Waals surface area (Å²) in [5, 5.41) is 11.7. The first-order valence-corrected chi connectivity index (χ1v) is 9.48. The number of carbonyl (C=O) groups excluding carboxylic acids is 1. The zero-order chi connectivity index (χ0) is 21.0. The average molecular weight is 420 g/mol. The number of carbonyl (C=O) groups is 1. The number of benzene rings is 2. The fraction of sp³-hybridized carbons (Fsp3) is 0.350. The number of ether oxygens (including phenoxy) is 2. The Hall–Kier alpha value is -3.00. The van der Waals surface area contributed by atoms with E-state index in [0.717, 1.165) is 5.56 Å². The number of hydrogen-bond donors (Lipinski definition) is 0. The number of amides is 1. The molecule has 0 aliphatic carbocycles. The lowest BCUT2D eigenvalue weighted by Crippen LogP contribution is -2.49. The van der Waals surface area contributed by atoms with Gasteiger partial charge in [-0.1, -0.05) is 17.7 Å². The van der Waals surface area contributed by atoms with Crippen LogP contribution in [0.4, 0.5) is 11.4 Å². The van der Waals surface area contributed by atoms with Gasteiger partial charge >= 0.3 is 0 Å². The number of piperazine rings is 1. The van der Waals surface area contributed by atoms with Crippen molar-refractivity contribution >= 4 is 28.9 Å². The molecule has 154 valence electrons. The molecule has 2 aromatic carbocycles. The SMILES string of the molecule is COc1ccc(CC(=O)N2CCN(c3ccc(Cl)cc3[N+](=O)[O-])CC2)c(OC)c1. The van der Waals surface area contributed by atoms with Gasteiger partial charge in [-0.25, -0.2) is 0 Å². The highest BCUT2D eigenvalue weighted by Crippen LogP contribution is 2.32. The van der Waals surface area contributed by atoms with Crippen LogP contribution >= 0.6 is 11.6 Å². The lowest BCUT2D eigenvalue weighted by atomic mass is 10.1. The van der Waals surface area contributed by atoms with Gasteiger partial charge in [-0.05, 0) is 18.2 Å². The Morgan fingerprint density at radius 3 is 2.45 bits per heavy atom. The molecular weight excluding hydrogens is 398 g/mol. The number of nitro benzene ring substituents is 1. The van der Waals surface area contributed by atoms with Crippen LogP contribution in [0.25, 0.3) is 0 Å². The van der Waals surface area contributed by atoms with Crippen LogP contribution in [0, 0.1) is 10.1 Å². The molecule has 1 aliphatic heterocycles. The number of hydrogen-bond acceptors (Lipinski definition) is 6. The van der Waals surface area contributed by atoms with Gasteiger partial charge in [0.15, 0.2) is 0 Å². The van der Waals surface area contributed by atoms with Crippen molar-refractivity contribution in [1.29, 1.82) is 0 Å². The molecule has 0 spiro atoms. The molecule has 2 aromatic rings. The molecular formula is C20H22ClN3O5. The van der Waals surface area contributed by atoms with Crippen molar-refractivity contribution in [2.24, 2.45) is 0 Å². The van der Waals surface area contributed by atoms with Crippen molar-refractivity contribution in [3.8, 4) is 11.5 Å². The van der Waals surface area contributed by atoms with Gasteiger partial charge in [-0.3, -0.25) is 14.9 Å². The summed E-state index contributed by atoms with van der Waals surface area (Å²) in [5.41, 5.74) is 1.28. The normalized spacial score (nSPS) is 13.9. The fourth-order valence-corrected chi connectivity index (χ4v) is 3.55. The minimum Gasteiger partial charge on any atom is -0.497 e. The molecule has 3 rings (SSSR count). The first kappa shape index (κ1) is 20.7. The summed E-state index contributed by atoms with van der Waals surface area (Å²) in [7, 11) is 3.13. The Morgan fingerprint density at radius 1 is 1.10 bits per heavy atom. The van der Waals surface area contributed by atoms with Gasteiger partial charge < -0.3 is 19.3 Å². The Kier molecular flexibility index (Phi) is 6.43. The molecule has 1 amide bonds. The molecule has 0 radical (unpaired) electrons. The highest BCUT2D eigenvalue weighted by atomic mass is 35.5. The summed E-state index contributed by atoms with van der Waals surface area (Å²) in [5.74, 6) is 1.25. The number of rotatable bonds is 6. The zero-order valence-corrected chi connectivity index (χ0v) is 17.0. The molecule has 1 saturated heterocycles. The summed E-state index contributed by atoms with van der Waals surface area (Å²) in [6, 6.07) is 10.0. The first-order chi connectivity index (χ1) is 13.9. The molecule has 0 bridgehead atoms. The van der Waals surface area contributed by atoms with Crippen LogP contribution in [0.3, 0.4) is 0 Å². The summed E-state index contributed by atoms with van der Waals surface area (Å²) in [4.78, 5) is 27.3. The fourth-order valence-electron chi connectivity index (χ4n) is 3.38. The molecule has 0 unspecified atom stereocenters.